The summed E-state index contributed by atoms with van der Waals surface area (Å²) >= 11 is 0. The molecule has 2 heterocycles. The van der Waals surface area contributed by atoms with Crippen molar-refractivity contribution in [2.75, 3.05) is 58.0 Å². The van der Waals surface area contributed by atoms with E-state index in [0.717, 1.165) is 10.5 Å². The summed E-state index contributed by atoms with van der Waals surface area (Å²) in [6.45, 7) is 6.58. The summed E-state index contributed by atoms with van der Waals surface area (Å²) in [7, 11) is 0. The van der Waals surface area contributed by atoms with Crippen molar-refractivity contribution >= 4 is 41.4 Å². The van der Waals surface area contributed by atoms with Crippen molar-refractivity contribution in [1.29, 1.82) is 0 Å². The van der Waals surface area contributed by atoms with E-state index in [1.807, 2.05) is 0 Å². The molecule has 1 aromatic carbocycles. The number of ether oxygens (including phenoxy) is 4. The van der Waals surface area contributed by atoms with Crippen LogP contribution in [0.15, 0.2) is 42.0 Å². The summed E-state index contributed by atoms with van der Waals surface area (Å²) in [6, 6.07) is 3.82. The maximum atomic E-state index is 13.2. The molecule has 0 aromatic heterocycles. The number of fused-ring (bicyclic) bond motifs is 2. The van der Waals surface area contributed by atoms with Gasteiger partial charge in [-0.3, -0.25) is 34.2 Å². The Balaban J connectivity index is 0.926. The topological polar surface area (TPSA) is 239 Å². The monoisotopic (exact) mass is 812 g/mol. The van der Waals surface area contributed by atoms with Gasteiger partial charge in [0.15, 0.2) is 0 Å². The van der Waals surface area contributed by atoms with Gasteiger partial charge in [0.1, 0.15) is 12.1 Å². The Morgan fingerprint density at radius 1 is 0.948 bits per heavy atom. The van der Waals surface area contributed by atoms with Crippen LogP contribution in [0.25, 0.3) is 0 Å². The first-order valence-corrected chi connectivity index (χ1v) is 20.1. The molecule has 1 unspecified atom stereocenters. The predicted molar refractivity (Wildman–Crippen MR) is 208 cm³/mol. The fraction of sp³-hybridized carbons (Fsp3) is 0.610. The van der Waals surface area contributed by atoms with E-state index in [2.05, 4.69) is 48.0 Å². The van der Waals surface area contributed by atoms with Crippen molar-refractivity contribution < 1.29 is 63.0 Å². The van der Waals surface area contributed by atoms with Gasteiger partial charge in [0.2, 0.25) is 11.8 Å². The van der Waals surface area contributed by atoms with Gasteiger partial charge in [-0.05, 0) is 67.6 Å². The number of hydrogen-bond acceptors (Lipinski definition) is 13. The Morgan fingerprint density at radius 2 is 1.66 bits per heavy atom. The second-order valence-electron chi connectivity index (χ2n) is 15.3. The molecular formula is C41H56N4O13. The Hall–Kier alpha value is -4.68. The zero-order valence-electron chi connectivity index (χ0n) is 33.1. The molecule has 8 atom stereocenters. The molecule has 17 nitrogen and oxygen atoms in total. The number of aliphatic hydroxyl groups excluding tert-OH is 2. The number of amides is 5. The number of piperidine rings is 1. The second-order valence-corrected chi connectivity index (χ2v) is 15.3. The van der Waals surface area contributed by atoms with Crippen LogP contribution in [0.2, 0.25) is 0 Å². The van der Waals surface area contributed by atoms with Crippen LogP contribution in [0.5, 0.6) is 0 Å². The minimum Gasteiger partial charge on any atom is -0.481 e. The molecule has 1 saturated heterocycles. The van der Waals surface area contributed by atoms with E-state index in [0.29, 0.717) is 64.5 Å². The zero-order valence-corrected chi connectivity index (χ0v) is 33.1. The third-order valence-electron chi connectivity index (χ3n) is 10.9. The van der Waals surface area contributed by atoms with E-state index in [4.69, 9.17) is 24.1 Å². The van der Waals surface area contributed by atoms with E-state index in [9.17, 15) is 39.0 Å². The molecule has 1 fully saturated rings. The molecule has 6 N–H and O–H groups in total. The third kappa shape index (κ3) is 11.9. The van der Waals surface area contributed by atoms with E-state index in [-0.39, 0.29) is 73.3 Å². The molecule has 4 aliphatic rings. The van der Waals surface area contributed by atoms with E-state index < -0.39 is 60.4 Å². The van der Waals surface area contributed by atoms with E-state index in [1.165, 1.54) is 6.07 Å². The fourth-order valence-corrected chi connectivity index (χ4v) is 8.19. The first kappa shape index (κ1) is 44.4. The van der Waals surface area contributed by atoms with Gasteiger partial charge in [-0.15, -0.1) is 0 Å². The van der Waals surface area contributed by atoms with Gasteiger partial charge >= 0.3 is 12.1 Å². The van der Waals surface area contributed by atoms with Gasteiger partial charge < -0.3 is 44.9 Å². The average Bonchev–Trinajstić information content (AvgIpc) is 3.41. The number of imide groups is 2. The van der Waals surface area contributed by atoms with Crippen molar-refractivity contribution in [3.05, 3.63) is 53.1 Å². The van der Waals surface area contributed by atoms with Crippen LogP contribution in [0, 0.1) is 23.7 Å². The Kier molecular flexibility index (Phi) is 16.4. The van der Waals surface area contributed by atoms with Crippen molar-refractivity contribution in [2.45, 2.75) is 83.1 Å². The lowest BCUT2D eigenvalue weighted by Gasteiger charge is -2.43. The number of nitrogens with one attached hydrogen (secondary N) is 3. The summed E-state index contributed by atoms with van der Waals surface area (Å²) in [6.07, 6.45) is 4.98. The standard InChI is InChI=1S/C41H56N4O13/c1-24-20-26-7-6-25(2)29(9-8-27(46)22-28(47)23-35(49)50)36(26)33(21-24)58-41(54)43-13-15-56-17-19-57-18-16-55-14-12-42-31-5-3-4-30-37(31)40(53)45(39(30)52)32-10-11-34(48)44-38(32)51/h3-7,20,24-25,27-29,32-33,36,42,46-47H,8-19,21-23H2,1-2H3,(H,43,54)(H,49,50)(H,44,48,51)/t24-,25-,27+,28+,29-,32?,33-,36-/m0/s1. The molecule has 2 aliphatic heterocycles. The normalized spacial score (nSPS) is 25.0. The maximum Gasteiger partial charge on any atom is 0.407 e. The van der Waals surface area contributed by atoms with Gasteiger partial charge in [0, 0.05) is 31.1 Å². The van der Waals surface area contributed by atoms with E-state index >= 15 is 0 Å². The number of carbonyl (C=O) groups is 6. The molecule has 318 valence electrons. The molecule has 5 rings (SSSR count). The number of benzene rings is 1. The smallest absolute Gasteiger partial charge is 0.407 e. The van der Waals surface area contributed by atoms with Gasteiger partial charge in [-0.2, -0.15) is 0 Å². The van der Waals surface area contributed by atoms with Crippen molar-refractivity contribution in [2.24, 2.45) is 23.7 Å². The maximum absolute atomic E-state index is 13.2. The van der Waals surface area contributed by atoms with Crippen LogP contribution in [0.3, 0.4) is 0 Å². The second kappa shape index (κ2) is 21.4. The first-order chi connectivity index (χ1) is 27.8. The Morgan fingerprint density at radius 3 is 2.36 bits per heavy atom. The SMILES string of the molecule is C[C@H]1C=C2C=C[C@H](C)[C@H](CC[C@@H](O)C[C@@H](O)CC(=O)O)[C@H]2[C@@H](OC(=O)NCCOCCOCCOCCNc2cccc3c2C(=O)N(C2CCC(=O)NC2=O)C3=O)C1. The number of allylic oxidation sites excluding steroid dienone is 3. The quantitative estimate of drug-likeness (QED) is 0.0729. The van der Waals surface area contributed by atoms with E-state index in [1.54, 1.807) is 12.1 Å². The van der Waals surface area contributed by atoms with Crippen LogP contribution in [0.4, 0.5) is 10.5 Å². The number of anilines is 1. The molecule has 0 bridgehead atoms. The number of alkyl carbamates (subject to hydrolysis) is 1. The number of carboxylic acids is 1. The van der Waals surface area contributed by atoms with Gasteiger partial charge in [-0.25, -0.2) is 4.79 Å². The highest BCUT2D eigenvalue weighted by Gasteiger charge is 2.46. The minimum absolute atomic E-state index is 0.00953. The number of carbonyl (C=O) groups excluding carboxylic acids is 5. The third-order valence-corrected chi connectivity index (χ3v) is 10.9. The predicted octanol–water partition coefficient (Wildman–Crippen LogP) is 2.42. The summed E-state index contributed by atoms with van der Waals surface area (Å²) in [5.74, 6) is -2.93. The lowest BCUT2D eigenvalue weighted by atomic mass is 9.65. The molecule has 1 aromatic rings. The number of carboxylic acid groups (broad SMARTS) is 1. The molecule has 58 heavy (non-hydrogen) atoms. The fourth-order valence-electron chi connectivity index (χ4n) is 8.19. The minimum atomic E-state index is -1.11. The van der Waals surface area contributed by atoms with Gasteiger partial charge in [0.05, 0.1) is 69.4 Å². The van der Waals surface area contributed by atoms with Crippen molar-refractivity contribution in [1.82, 2.24) is 15.5 Å². The summed E-state index contributed by atoms with van der Waals surface area (Å²) in [4.78, 5) is 74.8. The molecule has 5 amide bonds. The number of hydrogen-bond donors (Lipinski definition) is 6. The highest BCUT2D eigenvalue weighted by atomic mass is 16.6. The number of nitrogens with zero attached hydrogens (tertiary/aromatic N) is 1. The molecule has 2 aliphatic carbocycles. The molecule has 0 spiro atoms. The summed E-state index contributed by atoms with van der Waals surface area (Å²) in [5.41, 5.74) is 1.94. The summed E-state index contributed by atoms with van der Waals surface area (Å²) < 4.78 is 22.7. The van der Waals surface area contributed by atoms with Crippen molar-refractivity contribution in [3.63, 3.8) is 0 Å². The number of aliphatic hydroxyl groups is 2. The molecule has 17 heteroatoms. The largest absolute Gasteiger partial charge is 0.481 e. The molecular weight excluding hydrogens is 756 g/mol. The first-order valence-electron chi connectivity index (χ1n) is 20.1. The van der Waals surface area contributed by atoms with Crippen molar-refractivity contribution in [3.8, 4) is 0 Å². The summed E-state index contributed by atoms with van der Waals surface area (Å²) in [5, 5.41) is 37.4. The lowest BCUT2D eigenvalue weighted by Crippen LogP contribution is -2.54. The van der Waals surface area contributed by atoms with Crippen LogP contribution >= 0.6 is 0 Å². The van der Waals surface area contributed by atoms with Gasteiger partial charge in [-0.1, -0.05) is 38.1 Å². The highest BCUT2D eigenvalue weighted by Crippen LogP contribution is 2.45. The number of aliphatic carboxylic acids is 1. The van der Waals surface area contributed by atoms with Crippen LogP contribution in [-0.4, -0.2) is 133 Å². The highest BCUT2D eigenvalue weighted by molar-refractivity contribution is 6.25. The Bertz CT molecular complexity index is 1720. The average molecular weight is 813 g/mol. The van der Waals surface area contributed by atoms with Crippen LogP contribution in [0.1, 0.15) is 79.5 Å². The molecule has 0 saturated carbocycles. The lowest BCUT2D eigenvalue weighted by molar-refractivity contribution is -0.140. The van der Waals surface area contributed by atoms with Crippen LogP contribution < -0.4 is 16.0 Å². The Labute approximate surface area is 337 Å². The van der Waals surface area contributed by atoms with Gasteiger partial charge in [0.25, 0.3) is 11.8 Å². The molecule has 0 radical (unpaired) electrons. The number of rotatable bonds is 22. The van der Waals surface area contributed by atoms with Crippen LogP contribution in [-0.2, 0) is 33.3 Å². The zero-order chi connectivity index (χ0) is 41.8.